The maximum Gasteiger partial charge on any atom is 0.305 e. The van der Waals surface area contributed by atoms with Crippen LogP contribution in [-0.2, 0) is 11.3 Å². The van der Waals surface area contributed by atoms with Crippen molar-refractivity contribution in [3.63, 3.8) is 0 Å². The molecule has 3 aromatic rings. The number of allylic oxidation sites excluding steroid dienone is 4. The van der Waals surface area contributed by atoms with Crippen LogP contribution in [0, 0.1) is 11.7 Å². The summed E-state index contributed by atoms with van der Waals surface area (Å²) < 4.78 is 16.2. The Morgan fingerprint density at radius 2 is 1.71 bits per heavy atom. The highest BCUT2D eigenvalue weighted by atomic mass is 19.1. The number of rotatable bonds is 14. The average molecular weight is 573 g/mol. The fourth-order valence-electron chi connectivity index (χ4n) is 5.35. The third-order valence-electron chi connectivity index (χ3n) is 7.09. The van der Waals surface area contributed by atoms with Crippen molar-refractivity contribution in [3.8, 4) is 22.4 Å². The van der Waals surface area contributed by atoms with Crippen LogP contribution in [0.2, 0.25) is 0 Å². The maximum absolute atomic E-state index is 14.2. The molecule has 0 unspecified atom stereocenters. The van der Waals surface area contributed by atoms with Gasteiger partial charge in [-0.1, -0.05) is 69.8 Å². The number of carboxylic acids is 1. The topological polar surface area (TPSA) is 91.6 Å². The second kappa shape index (κ2) is 15.1. The summed E-state index contributed by atoms with van der Waals surface area (Å²) in [7, 11) is 0. The van der Waals surface area contributed by atoms with Crippen molar-refractivity contribution < 1.29 is 24.2 Å². The zero-order chi connectivity index (χ0) is 30.8. The van der Waals surface area contributed by atoms with Gasteiger partial charge < -0.3 is 20.1 Å². The Kier molecular flexibility index (Phi) is 11.6. The molecule has 3 rings (SSSR count). The first-order valence-corrected chi connectivity index (χ1v) is 14.3. The third kappa shape index (κ3) is 8.17. The van der Waals surface area contributed by atoms with Crippen molar-refractivity contribution in [1.82, 2.24) is 9.88 Å². The molecule has 0 fully saturated rings. The van der Waals surface area contributed by atoms with E-state index in [4.69, 9.17) is 5.11 Å². The van der Waals surface area contributed by atoms with Gasteiger partial charge in [-0.3, -0.25) is 9.59 Å². The first-order chi connectivity index (χ1) is 20.1. The number of aliphatic hydroxyl groups excluding tert-OH is 1. The molecule has 2 atom stereocenters. The van der Waals surface area contributed by atoms with E-state index in [0.29, 0.717) is 30.6 Å². The van der Waals surface area contributed by atoms with E-state index < -0.39 is 12.1 Å². The smallest absolute Gasteiger partial charge is 0.305 e. The van der Waals surface area contributed by atoms with Crippen molar-refractivity contribution in [1.29, 1.82) is 0 Å². The van der Waals surface area contributed by atoms with E-state index in [1.165, 1.54) is 12.1 Å². The van der Waals surface area contributed by atoms with Crippen LogP contribution in [-0.4, -0.2) is 32.8 Å². The molecule has 2 aromatic carbocycles. The molecule has 0 saturated heterocycles. The molecule has 0 radical (unpaired) electrons. The molecule has 0 bridgehead atoms. The second-order valence-corrected chi connectivity index (χ2v) is 10.9. The normalized spacial score (nSPS) is 13.4. The van der Waals surface area contributed by atoms with Gasteiger partial charge in [0.15, 0.2) is 0 Å². The number of halogens is 1. The molecule has 1 heterocycles. The van der Waals surface area contributed by atoms with Crippen LogP contribution in [0.25, 0.3) is 22.4 Å². The number of carbonyl (C=O) groups is 2. The lowest BCUT2D eigenvalue weighted by atomic mass is 9.94. The lowest BCUT2D eigenvalue weighted by molar-refractivity contribution is -0.139. The predicted molar refractivity (Wildman–Crippen MR) is 167 cm³/mol. The molecule has 42 heavy (non-hydrogen) atoms. The lowest BCUT2D eigenvalue weighted by Gasteiger charge is -2.20. The van der Waals surface area contributed by atoms with E-state index in [1.54, 1.807) is 30.4 Å². The van der Waals surface area contributed by atoms with E-state index in [9.17, 15) is 19.1 Å². The molecule has 1 aromatic heterocycles. The molecule has 0 saturated carbocycles. The molecule has 0 aliphatic rings. The zero-order valence-electron chi connectivity index (χ0n) is 24.8. The van der Waals surface area contributed by atoms with Crippen LogP contribution >= 0.6 is 0 Å². The monoisotopic (exact) mass is 572 g/mol. The first-order valence-electron chi connectivity index (χ1n) is 14.3. The van der Waals surface area contributed by atoms with Gasteiger partial charge in [-0.05, 0) is 79.1 Å². The molecule has 7 heteroatoms. The van der Waals surface area contributed by atoms with E-state index in [2.05, 4.69) is 16.5 Å². The molecule has 1 amide bonds. The van der Waals surface area contributed by atoms with Gasteiger partial charge in [0.25, 0.3) is 5.91 Å². The van der Waals surface area contributed by atoms with Crippen molar-refractivity contribution in [3.05, 3.63) is 108 Å². The fourth-order valence-corrected chi connectivity index (χ4v) is 5.35. The molecular weight excluding hydrogens is 531 g/mol. The highest BCUT2D eigenvalue weighted by Crippen LogP contribution is 2.42. The third-order valence-corrected chi connectivity index (χ3v) is 7.09. The van der Waals surface area contributed by atoms with Crippen molar-refractivity contribution in [2.45, 2.75) is 65.5 Å². The predicted octanol–water partition coefficient (Wildman–Crippen LogP) is 7.71. The molecule has 0 aliphatic heterocycles. The summed E-state index contributed by atoms with van der Waals surface area (Å²) >= 11 is 0. The highest BCUT2D eigenvalue weighted by molar-refractivity contribution is 6.07. The number of aromatic nitrogens is 1. The first kappa shape index (κ1) is 32.3. The minimum atomic E-state index is -1.04. The van der Waals surface area contributed by atoms with Gasteiger partial charge in [0, 0.05) is 23.5 Å². The van der Waals surface area contributed by atoms with Gasteiger partial charge in [0.1, 0.15) is 5.82 Å². The van der Waals surface area contributed by atoms with Gasteiger partial charge in [-0.15, -0.1) is 0 Å². The minimum absolute atomic E-state index is 0.0112. The number of hydrogen-bond acceptors (Lipinski definition) is 3. The summed E-state index contributed by atoms with van der Waals surface area (Å²) in [6.45, 7) is 12.2. The van der Waals surface area contributed by atoms with Crippen molar-refractivity contribution in [2.24, 2.45) is 5.92 Å². The van der Waals surface area contributed by atoms with E-state index >= 15 is 0 Å². The van der Waals surface area contributed by atoms with Crippen LogP contribution in [0.1, 0.15) is 68.9 Å². The largest absolute Gasteiger partial charge is 0.481 e. The summed E-state index contributed by atoms with van der Waals surface area (Å²) in [5.74, 6) is -1.70. The molecule has 222 valence electrons. The number of carbonyl (C=O) groups excluding carboxylic acids is 1. The number of aliphatic hydroxyl groups is 1. The Morgan fingerprint density at radius 1 is 1.05 bits per heavy atom. The van der Waals surface area contributed by atoms with Gasteiger partial charge in [-0.25, -0.2) is 4.39 Å². The van der Waals surface area contributed by atoms with Crippen LogP contribution < -0.4 is 5.32 Å². The second-order valence-electron chi connectivity index (χ2n) is 10.9. The summed E-state index contributed by atoms with van der Waals surface area (Å²) in [4.78, 5) is 25.2. The molecule has 0 aliphatic carbocycles. The summed E-state index contributed by atoms with van der Waals surface area (Å²) in [5, 5.41) is 22.4. The Labute approximate surface area is 247 Å². The van der Waals surface area contributed by atoms with Crippen molar-refractivity contribution >= 4 is 11.9 Å². The average Bonchev–Trinajstić information content (AvgIpc) is 3.28. The Morgan fingerprint density at radius 3 is 2.29 bits per heavy atom. The van der Waals surface area contributed by atoms with Gasteiger partial charge in [0.05, 0.1) is 23.8 Å². The molecule has 0 spiro atoms. The summed E-state index contributed by atoms with van der Waals surface area (Å²) in [6.07, 6.45) is 6.73. The summed E-state index contributed by atoms with van der Waals surface area (Å²) in [6, 6.07) is 16.0. The maximum atomic E-state index is 14.2. The van der Waals surface area contributed by atoms with Crippen LogP contribution in [0.5, 0.6) is 0 Å². The number of amides is 1. The standard InChI is InChI=1S/C35H41FN2O4/c1-6-11-28(12-7-2)37-35(42)32-31(25-13-9-8-10-14-25)34(26-15-17-27(36)18-16-26)38(33(32)23(3)4)20-19-24(5)21-29(39)22-30(40)41/h6-18,23-24,29,39H,1,19-22H2,2-5H3,(H,37,42)(H,40,41)/b12-7-,28-11+/t24-,29-/m1/s1. The molecule has 3 N–H and O–H groups in total. The van der Waals surface area contributed by atoms with Gasteiger partial charge in [0.2, 0.25) is 0 Å². The number of carboxylic acid groups (broad SMARTS) is 1. The van der Waals surface area contributed by atoms with E-state index in [-0.39, 0.29) is 30.0 Å². The van der Waals surface area contributed by atoms with Crippen LogP contribution in [0.15, 0.2) is 91.2 Å². The summed E-state index contributed by atoms with van der Waals surface area (Å²) in [5.41, 5.74) is 5.14. The molecule has 6 nitrogen and oxygen atoms in total. The zero-order valence-corrected chi connectivity index (χ0v) is 24.8. The van der Waals surface area contributed by atoms with Gasteiger partial charge in [-0.2, -0.15) is 0 Å². The quantitative estimate of drug-likeness (QED) is 0.173. The minimum Gasteiger partial charge on any atom is -0.481 e. The van der Waals surface area contributed by atoms with Gasteiger partial charge >= 0.3 is 5.97 Å². The fraction of sp³-hybridized carbons (Fsp3) is 0.314. The number of nitrogens with one attached hydrogen (secondary N) is 1. The molecular formula is C35H41FN2O4. The number of hydrogen-bond donors (Lipinski definition) is 3. The number of benzene rings is 2. The van der Waals surface area contributed by atoms with Crippen LogP contribution in [0.3, 0.4) is 0 Å². The van der Waals surface area contributed by atoms with Crippen molar-refractivity contribution in [2.75, 3.05) is 0 Å². The number of nitrogens with zero attached hydrogens (tertiary/aromatic N) is 1. The van der Waals surface area contributed by atoms with E-state index in [1.807, 2.05) is 64.1 Å². The number of aliphatic carboxylic acids is 1. The van der Waals surface area contributed by atoms with E-state index in [0.717, 1.165) is 28.1 Å². The SMILES string of the molecule is C=C/C=C(\C=C/C)NC(=O)c1c(-c2ccccc2)c(-c2ccc(F)cc2)n(CC[C@@H](C)C[C@@H](O)CC(=O)O)c1C(C)C. The Balaban J connectivity index is 2.27. The van der Waals surface area contributed by atoms with Crippen LogP contribution in [0.4, 0.5) is 4.39 Å². The Bertz CT molecular complexity index is 1440. The Hall–Kier alpha value is -4.23. The highest BCUT2D eigenvalue weighted by Gasteiger charge is 2.30. The lowest BCUT2D eigenvalue weighted by Crippen LogP contribution is -2.24.